The van der Waals surface area contributed by atoms with Crippen molar-refractivity contribution in [3.63, 3.8) is 0 Å². The van der Waals surface area contributed by atoms with Crippen LogP contribution < -0.4 is 5.32 Å². The van der Waals surface area contributed by atoms with Crippen molar-refractivity contribution in [2.75, 3.05) is 26.2 Å². The summed E-state index contributed by atoms with van der Waals surface area (Å²) in [6.45, 7) is 2.25. The summed E-state index contributed by atoms with van der Waals surface area (Å²) in [7, 11) is 0. The molecule has 0 spiro atoms. The maximum absolute atomic E-state index is 10.4. The van der Waals surface area contributed by atoms with Gasteiger partial charge in [-0.1, -0.05) is 0 Å². The molecule has 1 aliphatic rings. The lowest BCUT2D eigenvalue weighted by Gasteiger charge is -2.21. The molecule has 3 N–H and O–H groups in total. The van der Waals surface area contributed by atoms with Gasteiger partial charge in [-0.25, -0.2) is 0 Å². The summed E-state index contributed by atoms with van der Waals surface area (Å²) >= 11 is 0. The molecule has 0 aromatic heterocycles. The van der Waals surface area contributed by atoms with Gasteiger partial charge in [0, 0.05) is 19.6 Å². The molecule has 0 radical (unpaired) electrons. The monoisotopic (exact) mass is 174 g/mol. The van der Waals surface area contributed by atoms with Crippen molar-refractivity contribution >= 4 is 5.97 Å². The third-order valence-electron chi connectivity index (χ3n) is 1.97. The minimum Gasteiger partial charge on any atom is -0.481 e. The summed E-state index contributed by atoms with van der Waals surface area (Å²) in [5.41, 5.74) is 0. The lowest BCUT2D eigenvalue weighted by atomic mass is 10.3. The molecule has 0 aromatic rings. The van der Waals surface area contributed by atoms with Crippen molar-refractivity contribution in [1.29, 1.82) is 0 Å². The summed E-state index contributed by atoms with van der Waals surface area (Å²) in [4.78, 5) is 12.3. The molecule has 1 fully saturated rings. The van der Waals surface area contributed by atoms with Crippen LogP contribution >= 0.6 is 0 Å². The van der Waals surface area contributed by atoms with Crippen LogP contribution in [0.15, 0.2) is 0 Å². The van der Waals surface area contributed by atoms with Crippen LogP contribution in [0.1, 0.15) is 6.42 Å². The number of rotatable bonds is 4. The topological polar surface area (TPSA) is 72.8 Å². The number of nitrogens with one attached hydrogen (secondary N) is 1. The van der Waals surface area contributed by atoms with Crippen molar-refractivity contribution in [3.05, 3.63) is 0 Å². The van der Waals surface area contributed by atoms with Crippen molar-refractivity contribution in [2.45, 2.75) is 12.6 Å². The van der Waals surface area contributed by atoms with Gasteiger partial charge in [0.1, 0.15) is 0 Å². The van der Waals surface area contributed by atoms with Crippen LogP contribution in [0, 0.1) is 0 Å². The zero-order valence-electron chi connectivity index (χ0n) is 6.86. The second-order valence-electron chi connectivity index (χ2n) is 2.83. The van der Waals surface area contributed by atoms with Gasteiger partial charge in [-0.15, -0.1) is 0 Å². The first-order chi connectivity index (χ1) is 5.74. The van der Waals surface area contributed by atoms with E-state index in [0.29, 0.717) is 6.54 Å². The standard InChI is InChI=1S/C7H14N2O3/c10-4-3-9-2-1-8-6(9)5-7(11)12/h6,8,10H,1-5H2,(H,11,12). The van der Waals surface area contributed by atoms with Gasteiger partial charge in [0.05, 0.1) is 19.2 Å². The first-order valence-corrected chi connectivity index (χ1v) is 4.04. The highest BCUT2D eigenvalue weighted by Gasteiger charge is 2.24. The number of aliphatic carboxylic acids is 1. The molecule has 0 bridgehead atoms. The van der Waals surface area contributed by atoms with Crippen molar-refractivity contribution in [3.8, 4) is 0 Å². The molecule has 1 saturated heterocycles. The highest BCUT2D eigenvalue weighted by atomic mass is 16.4. The Labute approximate surface area is 71.0 Å². The molecule has 0 amide bonds. The zero-order chi connectivity index (χ0) is 8.97. The lowest BCUT2D eigenvalue weighted by molar-refractivity contribution is -0.138. The van der Waals surface area contributed by atoms with Crippen molar-refractivity contribution in [1.82, 2.24) is 10.2 Å². The van der Waals surface area contributed by atoms with Crippen LogP contribution in [0.3, 0.4) is 0 Å². The van der Waals surface area contributed by atoms with E-state index in [0.717, 1.165) is 13.1 Å². The molecule has 5 heteroatoms. The fraction of sp³-hybridized carbons (Fsp3) is 0.857. The second kappa shape index (κ2) is 4.39. The van der Waals surface area contributed by atoms with Gasteiger partial charge in [0.25, 0.3) is 0 Å². The number of carbonyl (C=O) groups is 1. The number of carboxylic acid groups (broad SMARTS) is 1. The van der Waals surface area contributed by atoms with Crippen LogP contribution in [0.4, 0.5) is 0 Å². The van der Waals surface area contributed by atoms with E-state index in [1.165, 1.54) is 0 Å². The van der Waals surface area contributed by atoms with E-state index < -0.39 is 5.97 Å². The number of aliphatic hydroxyl groups is 1. The summed E-state index contributed by atoms with van der Waals surface area (Å²) in [5, 5.41) is 20.2. The third kappa shape index (κ3) is 2.44. The van der Waals surface area contributed by atoms with Gasteiger partial charge < -0.3 is 10.2 Å². The Balaban J connectivity index is 2.35. The molecule has 1 unspecified atom stereocenters. The van der Waals surface area contributed by atoms with Gasteiger partial charge in [0.2, 0.25) is 0 Å². The number of β-amino-alcohol motifs (C(OH)–C–C–N with tert-alkyl or cyclic N) is 1. The number of carboxylic acids is 1. The second-order valence-corrected chi connectivity index (χ2v) is 2.83. The summed E-state index contributed by atoms with van der Waals surface area (Å²) in [6.07, 6.45) is -0.00495. The minimum absolute atomic E-state index is 0.0811. The lowest BCUT2D eigenvalue weighted by Crippen LogP contribution is -2.39. The Hall–Kier alpha value is -0.650. The van der Waals surface area contributed by atoms with E-state index in [4.69, 9.17) is 10.2 Å². The number of aliphatic hydroxyl groups excluding tert-OH is 1. The molecule has 1 atom stereocenters. The highest BCUT2D eigenvalue weighted by Crippen LogP contribution is 2.05. The van der Waals surface area contributed by atoms with E-state index in [2.05, 4.69) is 5.32 Å². The summed E-state index contributed by atoms with van der Waals surface area (Å²) in [5.74, 6) is -0.808. The third-order valence-corrected chi connectivity index (χ3v) is 1.97. The Morgan fingerprint density at radius 2 is 2.42 bits per heavy atom. The van der Waals surface area contributed by atoms with E-state index in [1.807, 2.05) is 4.90 Å². The zero-order valence-corrected chi connectivity index (χ0v) is 6.86. The van der Waals surface area contributed by atoms with E-state index in [1.54, 1.807) is 0 Å². The average molecular weight is 174 g/mol. The average Bonchev–Trinajstić information content (AvgIpc) is 2.37. The molecular weight excluding hydrogens is 160 g/mol. The van der Waals surface area contributed by atoms with Crippen LogP contribution in [-0.4, -0.2) is 53.5 Å². The van der Waals surface area contributed by atoms with Crippen LogP contribution in [0.2, 0.25) is 0 Å². The number of hydrogen-bond acceptors (Lipinski definition) is 4. The molecular formula is C7H14N2O3. The molecule has 0 aliphatic carbocycles. The summed E-state index contributed by atoms with van der Waals surface area (Å²) < 4.78 is 0. The van der Waals surface area contributed by atoms with Crippen LogP contribution in [0.5, 0.6) is 0 Å². The molecule has 1 rings (SSSR count). The first kappa shape index (κ1) is 9.44. The Bertz CT molecular complexity index is 163. The van der Waals surface area contributed by atoms with E-state index in [9.17, 15) is 4.79 Å². The van der Waals surface area contributed by atoms with E-state index in [-0.39, 0.29) is 19.2 Å². The van der Waals surface area contributed by atoms with Gasteiger partial charge in [-0.2, -0.15) is 0 Å². The number of hydrogen-bond donors (Lipinski definition) is 3. The first-order valence-electron chi connectivity index (χ1n) is 4.04. The molecule has 0 saturated carbocycles. The molecule has 1 aliphatic heterocycles. The van der Waals surface area contributed by atoms with Gasteiger partial charge >= 0.3 is 5.97 Å². The maximum atomic E-state index is 10.4. The quantitative estimate of drug-likeness (QED) is 0.493. The smallest absolute Gasteiger partial charge is 0.306 e. The van der Waals surface area contributed by atoms with Crippen LogP contribution in [0.25, 0.3) is 0 Å². The Morgan fingerprint density at radius 1 is 1.67 bits per heavy atom. The normalized spacial score (nSPS) is 24.6. The molecule has 0 aromatic carbocycles. The predicted octanol–water partition coefficient (Wildman–Crippen LogP) is -1.32. The molecule has 70 valence electrons. The molecule has 12 heavy (non-hydrogen) atoms. The largest absolute Gasteiger partial charge is 0.481 e. The Kier molecular flexibility index (Phi) is 3.46. The van der Waals surface area contributed by atoms with Crippen LogP contribution in [-0.2, 0) is 4.79 Å². The minimum atomic E-state index is -0.808. The van der Waals surface area contributed by atoms with Crippen molar-refractivity contribution in [2.24, 2.45) is 0 Å². The van der Waals surface area contributed by atoms with Gasteiger partial charge in [-0.3, -0.25) is 15.0 Å². The molecule has 1 heterocycles. The maximum Gasteiger partial charge on any atom is 0.306 e. The Morgan fingerprint density at radius 3 is 3.00 bits per heavy atom. The fourth-order valence-corrected chi connectivity index (χ4v) is 1.42. The van der Waals surface area contributed by atoms with Crippen molar-refractivity contribution < 1.29 is 15.0 Å². The summed E-state index contributed by atoms with van der Waals surface area (Å²) in [6, 6.07) is 0. The van der Waals surface area contributed by atoms with E-state index >= 15 is 0 Å². The predicted molar refractivity (Wildman–Crippen MR) is 42.7 cm³/mol. The van der Waals surface area contributed by atoms with Gasteiger partial charge in [0.15, 0.2) is 0 Å². The van der Waals surface area contributed by atoms with Gasteiger partial charge in [-0.05, 0) is 0 Å². The fourth-order valence-electron chi connectivity index (χ4n) is 1.42. The SMILES string of the molecule is O=C(O)CC1NCCN1CCO. The number of nitrogens with zero attached hydrogens (tertiary/aromatic N) is 1. The highest BCUT2D eigenvalue weighted by molar-refractivity contribution is 5.67. The molecule has 5 nitrogen and oxygen atoms in total.